The minimum Gasteiger partial charge on any atom is -0.378 e. The van der Waals surface area contributed by atoms with Crippen molar-refractivity contribution in [2.75, 3.05) is 6.61 Å². The molecule has 106 valence electrons. The first-order chi connectivity index (χ1) is 9.38. The Hall–Kier alpha value is -0.970. The van der Waals surface area contributed by atoms with E-state index in [4.69, 9.17) is 10.6 Å². The summed E-state index contributed by atoms with van der Waals surface area (Å²) < 4.78 is 5.64. The van der Waals surface area contributed by atoms with Crippen LogP contribution in [0.15, 0.2) is 24.5 Å². The van der Waals surface area contributed by atoms with Crippen molar-refractivity contribution in [2.45, 2.75) is 57.1 Å². The Kier molecular flexibility index (Phi) is 6.27. The summed E-state index contributed by atoms with van der Waals surface area (Å²) in [4.78, 5) is 4.13. The number of hydrazine groups is 1. The maximum absolute atomic E-state index is 5.64. The molecule has 2 rings (SSSR count). The van der Waals surface area contributed by atoms with Gasteiger partial charge < -0.3 is 4.74 Å². The van der Waals surface area contributed by atoms with Crippen LogP contribution in [0.2, 0.25) is 0 Å². The summed E-state index contributed by atoms with van der Waals surface area (Å²) in [6.07, 6.45) is 12.3. The topological polar surface area (TPSA) is 60.2 Å². The van der Waals surface area contributed by atoms with Crippen molar-refractivity contribution >= 4 is 0 Å². The van der Waals surface area contributed by atoms with Crippen LogP contribution in [0.25, 0.3) is 0 Å². The lowest BCUT2D eigenvalue weighted by atomic mass is 10.0. The average Bonchev–Trinajstić information content (AvgIpc) is 2.97. The van der Waals surface area contributed by atoms with Crippen molar-refractivity contribution in [2.24, 2.45) is 5.84 Å². The number of ether oxygens (including phenoxy) is 1. The monoisotopic (exact) mass is 263 g/mol. The molecule has 0 amide bonds. The fraction of sp³-hybridized carbons (Fsp3) is 0.667. The minimum absolute atomic E-state index is 0.390. The van der Waals surface area contributed by atoms with Crippen molar-refractivity contribution in [1.29, 1.82) is 0 Å². The molecule has 1 saturated heterocycles. The number of aromatic nitrogens is 1. The fourth-order valence-corrected chi connectivity index (χ4v) is 2.66. The SMILES string of the molecule is NNC(CCCC1CCCO1)CCc1cccnc1. The molecule has 2 unspecified atom stereocenters. The second-order valence-corrected chi connectivity index (χ2v) is 5.33. The second-order valence-electron chi connectivity index (χ2n) is 5.33. The summed E-state index contributed by atoms with van der Waals surface area (Å²) in [6, 6.07) is 4.49. The van der Waals surface area contributed by atoms with Crippen molar-refractivity contribution in [3.8, 4) is 0 Å². The second kappa shape index (κ2) is 8.25. The Balaban J connectivity index is 1.62. The predicted octanol–water partition coefficient (Wildman–Crippen LogP) is 2.20. The number of hydrogen-bond donors (Lipinski definition) is 2. The standard InChI is InChI=1S/C15H25N3O/c16-18-14(5-1-6-15-7-3-11-19-15)9-8-13-4-2-10-17-12-13/h2,4,10,12,14-15,18H,1,3,5-9,11,16H2. The van der Waals surface area contributed by atoms with Gasteiger partial charge in [0, 0.05) is 25.0 Å². The van der Waals surface area contributed by atoms with Gasteiger partial charge in [0.2, 0.25) is 0 Å². The molecule has 1 fully saturated rings. The van der Waals surface area contributed by atoms with Crippen LogP contribution in [0.5, 0.6) is 0 Å². The van der Waals surface area contributed by atoms with Gasteiger partial charge in [0.05, 0.1) is 6.10 Å². The van der Waals surface area contributed by atoms with E-state index < -0.39 is 0 Å². The molecule has 0 aliphatic carbocycles. The lowest BCUT2D eigenvalue weighted by Gasteiger charge is -2.17. The van der Waals surface area contributed by atoms with Crippen molar-refractivity contribution < 1.29 is 4.74 Å². The zero-order valence-electron chi connectivity index (χ0n) is 11.6. The first kappa shape index (κ1) is 14.4. The Labute approximate surface area is 115 Å². The molecule has 0 saturated carbocycles. The lowest BCUT2D eigenvalue weighted by molar-refractivity contribution is 0.101. The van der Waals surface area contributed by atoms with Gasteiger partial charge in [0.25, 0.3) is 0 Å². The Morgan fingerprint density at radius 3 is 3.11 bits per heavy atom. The smallest absolute Gasteiger partial charge is 0.0576 e. The fourth-order valence-electron chi connectivity index (χ4n) is 2.66. The van der Waals surface area contributed by atoms with Gasteiger partial charge in [-0.25, -0.2) is 0 Å². The summed E-state index contributed by atoms with van der Waals surface area (Å²) in [5, 5.41) is 0. The molecule has 0 aromatic carbocycles. The third kappa shape index (κ3) is 5.27. The van der Waals surface area contributed by atoms with Gasteiger partial charge in [-0.1, -0.05) is 6.07 Å². The van der Waals surface area contributed by atoms with E-state index in [-0.39, 0.29) is 0 Å². The number of hydrogen-bond acceptors (Lipinski definition) is 4. The molecular formula is C15H25N3O. The molecule has 0 radical (unpaired) electrons. The van der Waals surface area contributed by atoms with Crippen molar-refractivity contribution in [3.63, 3.8) is 0 Å². The Bertz CT molecular complexity index is 339. The summed E-state index contributed by atoms with van der Waals surface area (Å²) in [7, 11) is 0. The van der Waals surface area contributed by atoms with Crippen molar-refractivity contribution in [1.82, 2.24) is 10.4 Å². The molecule has 19 heavy (non-hydrogen) atoms. The van der Waals surface area contributed by atoms with Crippen LogP contribution in [0.1, 0.15) is 44.1 Å². The Morgan fingerprint density at radius 2 is 2.42 bits per heavy atom. The number of pyridine rings is 1. The molecule has 4 nitrogen and oxygen atoms in total. The van der Waals surface area contributed by atoms with Crippen LogP contribution in [0, 0.1) is 0 Å². The zero-order chi connectivity index (χ0) is 13.3. The highest BCUT2D eigenvalue weighted by atomic mass is 16.5. The van der Waals surface area contributed by atoms with Crippen LogP contribution in [0.4, 0.5) is 0 Å². The van der Waals surface area contributed by atoms with Crippen molar-refractivity contribution in [3.05, 3.63) is 30.1 Å². The number of nitrogens with one attached hydrogen (secondary N) is 1. The van der Waals surface area contributed by atoms with E-state index in [1.54, 1.807) is 0 Å². The number of aryl methyl sites for hydroxylation is 1. The summed E-state index contributed by atoms with van der Waals surface area (Å²) in [5.74, 6) is 5.63. The largest absolute Gasteiger partial charge is 0.378 e. The zero-order valence-corrected chi connectivity index (χ0v) is 11.6. The maximum Gasteiger partial charge on any atom is 0.0576 e. The molecule has 1 aromatic rings. The van der Waals surface area contributed by atoms with Gasteiger partial charge >= 0.3 is 0 Å². The van der Waals surface area contributed by atoms with E-state index in [1.807, 2.05) is 18.5 Å². The summed E-state index contributed by atoms with van der Waals surface area (Å²) in [5.41, 5.74) is 4.22. The van der Waals surface area contributed by atoms with Gasteiger partial charge in [-0.15, -0.1) is 0 Å². The third-order valence-electron chi connectivity index (χ3n) is 3.84. The van der Waals surface area contributed by atoms with Crippen LogP contribution >= 0.6 is 0 Å². The van der Waals surface area contributed by atoms with E-state index >= 15 is 0 Å². The predicted molar refractivity (Wildman–Crippen MR) is 76.5 cm³/mol. The van der Waals surface area contributed by atoms with E-state index in [9.17, 15) is 0 Å². The van der Waals surface area contributed by atoms with E-state index in [0.29, 0.717) is 12.1 Å². The van der Waals surface area contributed by atoms with Gasteiger partial charge in [-0.3, -0.25) is 16.3 Å². The first-order valence-corrected chi connectivity index (χ1v) is 7.35. The molecular weight excluding hydrogens is 238 g/mol. The molecule has 0 bridgehead atoms. The molecule has 2 heterocycles. The highest BCUT2D eigenvalue weighted by Gasteiger charge is 2.15. The average molecular weight is 263 g/mol. The van der Waals surface area contributed by atoms with Gasteiger partial charge in [-0.2, -0.15) is 0 Å². The third-order valence-corrected chi connectivity index (χ3v) is 3.84. The van der Waals surface area contributed by atoms with Gasteiger partial charge in [0.15, 0.2) is 0 Å². The van der Waals surface area contributed by atoms with Crippen LogP contribution in [-0.4, -0.2) is 23.7 Å². The highest BCUT2D eigenvalue weighted by Crippen LogP contribution is 2.18. The first-order valence-electron chi connectivity index (χ1n) is 7.35. The summed E-state index contributed by atoms with van der Waals surface area (Å²) >= 11 is 0. The number of nitrogens with zero attached hydrogens (tertiary/aromatic N) is 1. The molecule has 4 heteroatoms. The summed E-state index contributed by atoms with van der Waals surface area (Å²) in [6.45, 7) is 0.949. The van der Waals surface area contributed by atoms with Crippen LogP contribution in [-0.2, 0) is 11.2 Å². The number of rotatable bonds is 8. The quantitative estimate of drug-likeness (QED) is 0.557. The maximum atomic E-state index is 5.64. The number of nitrogens with two attached hydrogens (primary N) is 1. The molecule has 3 N–H and O–H groups in total. The molecule has 2 atom stereocenters. The molecule has 1 aliphatic heterocycles. The van der Waals surface area contributed by atoms with Gasteiger partial charge in [-0.05, 0) is 56.6 Å². The van der Waals surface area contributed by atoms with Crippen LogP contribution in [0.3, 0.4) is 0 Å². The van der Waals surface area contributed by atoms with Crippen LogP contribution < -0.4 is 11.3 Å². The normalized spacial score (nSPS) is 20.6. The molecule has 1 aromatic heterocycles. The molecule has 1 aliphatic rings. The highest BCUT2D eigenvalue weighted by molar-refractivity contribution is 5.08. The minimum atomic E-state index is 0.390. The van der Waals surface area contributed by atoms with E-state index in [2.05, 4.69) is 16.5 Å². The van der Waals surface area contributed by atoms with E-state index in [0.717, 1.165) is 25.9 Å². The molecule has 0 spiro atoms. The van der Waals surface area contributed by atoms with E-state index in [1.165, 1.54) is 31.2 Å². The Morgan fingerprint density at radius 1 is 1.47 bits per heavy atom. The lowest BCUT2D eigenvalue weighted by Crippen LogP contribution is -2.35. The van der Waals surface area contributed by atoms with Gasteiger partial charge in [0.1, 0.15) is 0 Å².